The molecule has 1 aromatic rings. The van der Waals surface area contributed by atoms with Crippen LogP contribution in [0.3, 0.4) is 0 Å². The van der Waals surface area contributed by atoms with E-state index in [0.29, 0.717) is 37.3 Å². The molecule has 0 atom stereocenters. The Labute approximate surface area is 130 Å². The molecule has 2 rings (SSSR count). The van der Waals surface area contributed by atoms with Crippen molar-refractivity contribution in [1.29, 1.82) is 0 Å². The maximum atomic E-state index is 12.8. The highest BCUT2D eigenvalue weighted by Gasteiger charge is 2.16. The van der Waals surface area contributed by atoms with Crippen LogP contribution in [0.25, 0.3) is 0 Å². The van der Waals surface area contributed by atoms with Crippen LogP contribution in [-0.4, -0.2) is 31.3 Å². The lowest BCUT2D eigenvalue weighted by atomic mass is 9.94. The molecule has 0 saturated carbocycles. The Balaban J connectivity index is 1.61. The van der Waals surface area contributed by atoms with E-state index < -0.39 is 0 Å². The Morgan fingerprint density at radius 2 is 1.86 bits per heavy atom. The van der Waals surface area contributed by atoms with Crippen molar-refractivity contribution in [2.75, 3.05) is 19.6 Å². The van der Waals surface area contributed by atoms with Gasteiger partial charge in [0, 0.05) is 24.9 Å². The van der Waals surface area contributed by atoms with Gasteiger partial charge in [0.2, 0.25) is 5.91 Å². The van der Waals surface area contributed by atoms with E-state index in [-0.39, 0.29) is 17.5 Å². The molecule has 0 bridgehead atoms. The third kappa shape index (κ3) is 5.56. The summed E-state index contributed by atoms with van der Waals surface area (Å²) in [5.74, 6) is 0.178. The molecule has 0 aliphatic carbocycles. The molecule has 1 aliphatic rings. The zero-order valence-electron chi connectivity index (χ0n) is 12.7. The lowest BCUT2D eigenvalue weighted by Crippen LogP contribution is -2.32. The normalized spacial score (nSPS) is 15.5. The lowest BCUT2D eigenvalue weighted by molar-refractivity contribution is -0.122. The first-order valence-corrected chi connectivity index (χ1v) is 7.91. The fourth-order valence-corrected chi connectivity index (χ4v) is 2.68. The summed E-state index contributed by atoms with van der Waals surface area (Å²) in [5, 5.41) is 6.15. The van der Waals surface area contributed by atoms with Gasteiger partial charge in [-0.15, -0.1) is 0 Å². The van der Waals surface area contributed by atoms with Crippen LogP contribution >= 0.6 is 0 Å². The van der Waals surface area contributed by atoms with Gasteiger partial charge < -0.3 is 10.6 Å². The minimum absolute atomic E-state index is 0.0207. The second-order valence-corrected chi connectivity index (χ2v) is 5.78. The predicted molar refractivity (Wildman–Crippen MR) is 83.2 cm³/mol. The van der Waals surface area contributed by atoms with Gasteiger partial charge in [-0.3, -0.25) is 9.59 Å². The first-order valence-electron chi connectivity index (χ1n) is 7.91. The third-order valence-electron chi connectivity index (χ3n) is 4.00. The van der Waals surface area contributed by atoms with Crippen LogP contribution in [-0.2, 0) is 4.79 Å². The van der Waals surface area contributed by atoms with E-state index in [9.17, 15) is 14.0 Å². The van der Waals surface area contributed by atoms with E-state index in [4.69, 9.17) is 0 Å². The van der Waals surface area contributed by atoms with Crippen LogP contribution in [0.15, 0.2) is 24.3 Å². The maximum Gasteiger partial charge on any atom is 0.220 e. The predicted octanol–water partition coefficient (Wildman–Crippen LogP) is 2.29. The van der Waals surface area contributed by atoms with Crippen molar-refractivity contribution < 1.29 is 14.0 Å². The number of piperidine rings is 1. The number of amides is 1. The largest absolute Gasteiger partial charge is 0.356 e. The van der Waals surface area contributed by atoms with Gasteiger partial charge in [0.25, 0.3) is 0 Å². The minimum Gasteiger partial charge on any atom is -0.356 e. The van der Waals surface area contributed by atoms with Crippen LogP contribution in [0.1, 0.15) is 42.5 Å². The average molecular weight is 306 g/mol. The summed E-state index contributed by atoms with van der Waals surface area (Å²) < 4.78 is 12.8. The number of benzene rings is 1. The molecule has 1 saturated heterocycles. The summed E-state index contributed by atoms with van der Waals surface area (Å²) in [6.07, 6.45) is 3.65. The van der Waals surface area contributed by atoms with E-state index >= 15 is 0 Å². The third-order valence-corrected chi connectivity index (χ3v) is 4.00. The molecule has 4 nitrogen and oxygen atoms in total. The summed E-state index contributed by atoms with van der Waals surface area (Å²) >= 11 is 0. The Hall–Kier alpha value is -1.75. The Morgan fingerprint density at radius 1 is 1.18 bits per heavy atom. The molecule has 5 heteroatoms. The van der Waals surface area contributed by atoms with Gasteiger partial charge in [-0.05, 0) is 62.5 Å². The lowest BCUT2D eigenvalue weighted by Gasteiger charge is -2.21. The Kier molecular flexibility index (Phi) is 6.52. The summed E-state index contributed by atoms with van der Waals surface area (Å²) in [4.78, 5) is 23.7. The molecule has 1 aromatic carbocycles. The van der Waals surface area contributed by atoms with Gasteiger partial charge in [-0.25, -0.2) is 4.39 Å². The minimum atomic E-state index is -0.346. The molecule has 22 heavy (non-hydrogen) atoms. The smallest absolute Gasteiger partial charge is 0.220 e. The van der Waals surface area contributed by atoms with Gasteiger partial charge >= 0.3 is 0 Å². The van der Waals surface area contributed by atoms with E-state index in [1.54, 1.807) is 0 Å². The van der Waals surface area contributed by atoms with Crippen molar-refractivity contribution >= 4 is 11.7 Å². The topological polar surface area (TPSA) is 58.2 Å². The molecular weight excluding hydrogens is 283 g/mol. The summed E-state index contributed by atoms with van der Waals surface area (Å²) in [6, 6.07) is 5.56. The molecule has 1 amide bonds. The number of carbonyl (C=O) groups is 2. The standard InChI is InChI=1S/C17H23FN2O2/c18-15-5-3-14(4-6-15)16(21)2-1-9-20-17(22)12-13-7-10-19-11-8-13/h3-6,13,19H,1-2,7-12H2,(H,20,22). The van der Waals surface area contributed by atoms with Crippen LogP contribution in [0, 0.1) is 11.7 Å². The molecule has 2 N–H and O–H groups in total. The van der Waals surface area contributed by atoms with E-state index in [0.717, 1.165) is 25.9 Å². The summed E-state index contributed by atoms with van der Waals surface area (Å²) in [6.45, 7) is 2.49. The highest BCUT2D eigenvalue weighted by molar-refractivity contribution is 5.96. The van der Waals surface area contributed by atoms with Gasteiger partial charge in [0.1, 0.15) is 5.82 Å². The quantitative estimate of drug-likeness (QED) is 0.600. The molecule has 0 spiro atoms. The maximum absolute atomic E-state index is 12.8. The van der Waals surface area contributed by atoms with Crippen LogP contribution in [0.2, 0.25) is 0 Å². The molecule has 120 valence electrons. The zero-order valence-corrected chi connectivity index (χ0v) is 12.7. The van der Waals surface area contributed by atoms with Crippen molar-refractivity contribution in [2.45, 2.75) is 32.1 Å². The second kappa shape index (κ2) is 8.63. The number of carbonyl (C=O) groups excluding carboxylic acids is 2. The Morgan fingerprint density at radius 3 is 2.55 bits per heavy atom. The van der Waals surface area contributed by atoms with Crippen molar-refractivity contribution in [3.8, 4) is 0 Å². The fraction of sp³-hybridized carbons (Fsp3) is 0.529. The molecule has 1 fully saturated rings. The van der Waals surface area contributed by atoms with E-state index in [1.165, 1.54) is 24.3 Å². The SMILES string of the molecule is O=C(CC1CCNCC1)NCCCC(=O)c1ccc(F)cc1. The number of hydrogen-bond acceptors (Lipinski definition) is 3. The first-order chi connectivity index (χ1) is 10.6. The highest BCUT2D eigenvalue weighted by Crippen LogP contribution is 2.15. The molecular formula is C17H23FN2O2. The van der Waals surface area contributed by atoms with Gasteiger partial charge in [0.05, 0.1) is 0 Å². The van der Waals surface area contributed by atoms with Crippen LogP contribution < -0.4 is 10.6 Å². The van der Waals surface area contributed by atoms with E-state index in [1.807, 2.05) is 0 Å². The first kappa shape index (κ1) is 16.6. The molecule has 0 radical (unpaired) electrons. The number of ketones is 1. The average Bonchev–Trinajstić information content (AvgIpc) is 2.53. The van der Waals surface area contributed by atoms with Crippen molar-refractivity contribution in [3.05, 3.63) is 35.6 Å². The molecule has 0 unspecified atom stereocenters. The summed E-state index contributed by atoms with van der Waals surface area (Å²) in [7, 11) is 0. The van der Waals surface area contributed by atoms with Gasteiger partial charge in [-0.1, -0.05) is 0 Å². The van der Waals surface area contributed by atoms with E-state index in [2.05, 4.69) is 10.6 Å². The zero-order chi connectivity index (χ0) is 15.8. The fourth-order valence-electron chi connectivity index (χ4n) is 2.68. The second-order valence-electron chi connectivity index (χ2n) is 5.78. The monoisotopic (exact) mass is 306 g/mol. The van der Waals surface area contributed by atoms with Crippen LogP contribution in [0.5, 0.6) is 0 Å². The number of halogens is 1. The number of nitrogens with one attached hydrogen (secondary N) is 2. The van der Waals surface area contributed by atoms with Crippen molar-refractivity contribution in [3.63, 3.8) is 0 Å². The Bertz CT molecular complexity index is 496. The molecule has 1 aliphatic heterocycles. The van der Waals surface area contributed by atoms with Crippen LogP contribution in [0.4, 0.5) is 4.39 Å². The number of rotatable bonds is 7. The highest BCUT2D eigenvalue weighted by atomic mass is 19.1. The van der Waals surface area contributed by atoms with Gasteiger partial charge in [0.15, 0.2) is 5.78 Å². The number of hydrogen-bond donors (Lipinski definition) is 2. The summed E-state index contributed by atoms with van der Waals surface area (Å²) in [5.41, 5.74) is 0.516. The van der Waals surface area contributed by atoms with Gasteiger partial charge in [-0.2, -0.15) is 0 Å². The molecule has 0 aromatic heterocycles. The van der Waals surface area contributed by atoms with Crippen molar-refractivity contribution in [2.24, 2.45) is 5.92 Å². The van der Waals surface area contributed by atoms with Crippen molar-refractivity contribution in [1.82, 2.24) is 10.6 Å². The molecule has 1 heterocycles. The number of Topliss-reactive ketones (excluding diaryl/α,β-unsaturated/α-hetero) is 1.